The maximum atomic E-state index is 5.37. The number of anilines is 2. The molecule has 0 aliphatic heterocycles. The number of rotatable bonds is 3. The van der Waals surface area contributed by atoms with Gasteiger partial charge >= 0.3 is 0 Å². The predicted octanol–water partition coefficient (Wildman–Crippen LogP) is 1.84. The largest absolute Gasteiger partial charge is 0.357 e. The van der Waals surface area contributed by atoms with Crippen molar-refractivity contribution in [2.75, 3.05) is 17.4 Å². The van der Waals surface area contributed by atoms with Gasteiger partial charge in [0.2, 0.25) is 5.95 Å². The Bertz CT molecular complexity index is 373. The molecule has 2 rings (SSSR count). The van der Waals surface area contributed by atoms with Gasteiger partial charge < -0.3 is 4.90 Å². The second kappa shape index (κ2) is 5.31. The number of nitrogens with one attached hydrogen (secondary N) is 1. The smallest absolute Gasteiger partial charge is 0.239 e. The Morgan fingerprint density at radius 3 is 2.65 bits per heavy atom. The van der Waals surface area contributed by atoms with E-state index in [9.17, 15) is 0 Å². The fraction of sp³-hybridized carbons (Fsp3) is 0.667. The first-order valence-corrected chi connectivity index (χ1v) is 6.26. The summed E-state index contributed by atoms with van der Waals surface area (Å²) in [5.41, 5.74) is 3.45. The van der Waals surface area contributed by atoms with Gasteiger partial charge in [-0.1, -0.05) is 19.3 Å². The van der Waals surface area contributed by atoms with Crippen molar-refractivity contribution in [3.63, 3.8) is 0 Å². The summed E-state index contributed by atoms with van der Waals surface area (Å²) >= 11 is 0. The Morgan fingerprint density at radius 2 is 2.00 bits per heavy atom. The van der Waals surface area contributed by atoms with Crippen LogP contribution in [0.25, 0.3) is 0 Å². The summed E-state index contributed by atoms with van der Waals surface area (Å²) in [5, 5.41) is 0. The highest BCUT2D eigenvalue weighted by Crippen LogP contribution is 2.25. The van der Waals surface area contributed by atoms with Gasteiger partial charge in [-0.05, 0) is 19.8 Å². The molecule has 1 aliphatic carbocycles. The lowest BCUT2D eigenvalue weighted by Crippen LogP contribution is -2.34. The van der Waals surface area contributed by atoms with E-state index in [0.29, 0.717) is 12.0 Å². The van der Waals surface area contributed by atoms with Crippen LogP contribution in [0.15, 0.2) is 6.07 Å². The standard InChI is InChI=1S/C12H21N5/c1-9-8-11(15-12(14-9)16-13)17(2)10-6-4-3-5-7-10/h8,10H,3-7,13H2,1-2H3,(H,14,15,16). The number of hydrogen-bond donors (Lipinski definition) is 2. The summed E-state index contributed by atoms with van der Waals surface area (Å²) in [6.45, 7) is 1.96. The average Bonchev–Trinajstić information content (AvgIpc) is 2.38. The predicted molar refractivity (Wildman–Crippen MR) is 69.9 cm³/mol. The highest BCUT2D eigenvalue weighted by atomic mass is 15.3. The van der Waals surface area contributed by atoms with Crippen LogP contribution in [0.3, 0.4) is 0 Å². The molecule has 1 saturated carbocycles. The summed E-state index contributed by atoms with van der Waals surface area (Å²) in [5.74, 6) is 6.82. The van der Waals surface area contributed by atoms with Crippen molar-refractivity contribution < 1.29 is 0 Å². The first-order valence-electron chi connectivity index (χ1n) is 6.26. The molecule has 0 aromatic carbocycles. The molecule has 0 radical (unpaired) electrons. The van der Waals surface area contributed by atoms with Gasteiger partial charge in [0.05, 0.1) is 0 Å². The van der Waals surface area contributed by atoms with E-state index < -0.39 is 0 Å². The second-order valence-corrected chi connectivity index (χ2v) is 4.74. The van der Waals surface area contributed by atoms with Crippen LogP contribution in [0.4, 0.5) is 11.8 Å². The lowest BCUT2D eigenvalue weighted by molar-refractivity contribution is 0.426. The van der Waals surface area contributed by atoms with E-state index in [-0.39, 0.29) is 0 Å². The molecule has 0 atom stereocenters. The van der Waals surface area contributed by atoms with Crippen molar-refractivity contribution in [3.05, 3.63) is 11.8 Å². The van der Waals surface area contributed by atoms with Crippen LogP contribution in [0, 0.1) is 6.92 Å². The summed E-state index contributed by atoms with van der Waals surface area (Å²) in [7, 11) is 2.11. The molecule has 17 heavy (non-hydrogen) atoms. The number of aryl methyl sites for hydroxylation is 1. The average molecular weight is 235 g/mol. The van der Waals surface area contributed by atoms with E-state index >= 15 is 0 Å². The van der Waals surface area contributed by atoms with Crippen molar-refractivity contribution in [2.45, 2.75) is 45.1 Å². The normalized spacial score (nSPS) is 16.9. The van der Waals surface area contributed by atoms with Gasteiger partial charge in [0, 0.05) is 24.8 Å². The van der Waals surface area contributed by atoms with Gasteiger partial charge in [-0.25, -0.2) is 10.8 Å². The third-order valence-electron chi connectivity index (χ3n) is 3.45. The van der Waals surface area contributed by atoms with Crippen LogP contribution in [0.1, 0.15) is 37.8 Å². The Morgan fingerprint density at radius 1 is 1.29 bits per heavy atom. The van der Waals surface area contributed by atoms with E-state index in [1.807, 2.05) is 13.0 Å². The van der Waals surface area contributed by atoms with Crippen molar-refractivity contribution >= 4 is 11.8 Å². The van der Waals surface area contributed by atoms with Crippen molar-refractivity contribution in [2.24, 2.45) is 5.84 Å². The molecule has 1 heterocycles. The number of hydrazine groups is 1. The zero-order chi connectivity index (χ0) is 12.3. The molecule has 1 aliphatic rings. The number of nitrogen functional groups attached to an aromatic ring is 1. The van der Waals surface area contributed by atoms with Crippen molar-refractivity contribution in [1.29, 1.82) is 0 Å². The number of nitrogens with two attached hydrogens (primary N) is 1. The van der Waals surface area contributed by atoms with E-state index in [2.05, 4.69) is 27.3 Å². The summed E-state index contributed by atoms with van der Waals surface area (Å²) in [6.07, 6.45) is 6.51. The van der Waals surface area contributed by atoms with Crippen LogP contribution >= 0.6 is 0 Å². The maximum absolute atomic E-state index is 5.37. The highest BCUT2D eigenvalue weighted by Gasteiger charge is 2.19. The maximum Gasteiger partial charge on any atom is 0.239 e. The Kier molecular flexibility index (Phi) is 3.78. The summed E-state index contributed by atoms with van der Waals surface area (Å²) < 4.78 is 0. The number of hydrogen-bond acceptors (Lipinski definition) is 5. The molecule has 1 fully saturated rings. The SMILES string of the molecule is Cc1cc(N(C)C2CCCCC2)nc(NN)n1. The van der Waals surface area contributed by atoms with E-state index in [1.165, 1.54) is 32.1 Å². The van der Waals surface area contributed by atoms with Crippen molar-refractivity contribution in [3.8, 4) is 0 Å². The van der Waals surface area contributed by atoms with E-state index in [0.717, 1.165) is 11.5 Å². The first-order chi connectivity index (χ1) is 8.20. The zero-order valence-electron chi connectivity index (χ0n) is 10.6. The molecule has 0 spiro atoms. The van der Waals surface area contributed by atoms with Gasteiger partial charge in [0.1, 0.15) is 5.82 Å². The van der Waals surface area contributed by atoms with Crippen LogP contribution < -0.4 is 16.2 Å². The third kappa shape index (κ3) is 2.85. The number of aromatic nitrogens is 2. The molecule has 0 saturated heterocycles. The third-order valence-corrected chi connectivity index (χ3v) is 3.45. The molecule has 5 heteroatoms. The molecular formula is C12H21N5. The van der Waals surface area contributed by atoms with Crippen LogP contribution in [-0.2, 0) is 0 Å². The minimum absolute atomic E-state index is 0.489. The lowest BCUT2D eigenvalue weighted by Gasteiger charge is -2.32. The topological polar surface area (TPSA) is 67.1 Å². The molecule has 1 aromatic rings. The molecule has 3 N–H and O–H groups in total. The molecule has 94 valence electrons. The molecule has 5 nitrogen and oxygen atoms in total. The van der Waals surface area contributed by atoms with Crippen LogP contribution in [0.2, 0.25) is 0 Å². The summed E-state index contributed by atoms with van der Waals surface area (Å²) in [4.78, 5) is 10.9. The monoisotopic (exact) mass is 235 g/mol. The van der Waals surface area contributed by atoms with Gasteiger partial charge in [0.25, 0.3) is 0 Å². The molecule has 0 amide bonds. The second-order valence-electron chi connectivity index (χ2n) is 4.74. The summed E-state index contributed by atoms with van der Waals surface area (Å²) in [6, 6.07) is 2.61. The van der Waals surface area contributed by atoms with Gasteiger partial charge in [-0.15, -0.1) is 0 Å². The highest BCUT2D eigenvalue weighted by molar-refractivity contribution is 5.44. The lowest BCUT2D eigenvalue weighted by atomic mass is 9.94. The zero-order valence-corrected chi connectivity index (χ0v) is 10.6. The minimum Gasteiger partial charge on any atom is -0.357 e. The molecule has 0 bridgehead atoms. The minimum atomic E-state index is 0.489. The van der Waals surface area contributed by atoms with Gasteiger partial charge in [-0.3, -0.25) is 5.43 Å². The fourth-order valence-electron chi connectivity index (χ4n) is 2.45. The first kappa shape index (κ1) is 12.1. The quantitative estimate of drug-likeness (QED) is 0.618. The van der Waals surface area contributed by atoms with E-state index in [1.54, 1.807) is 0 Å². The Labute approximate surface area is 102 Å². The Balaban J connectivity index is 2.17. The fourth-order valence-corrected chi connectivity index (χ4v) is 2.45. The molecular weight excluding hydrogens is 214 g/mol. The number of nitrogens with zero attached hydrogens (tertiary/aromatic N) is 3. The van der Waals surface area contributed by atoms with Crippen LogP contribution in [-0.4, -0.2) is 23.1 Å². The molecule has 0 unspecified atom stereocenters. The van der Waals surface area contributed by atoms with Gasteiger partial charge in [-0.2, -0.15) is 4.98 Å². The van der Waals surface area contributed by atoms with Gasteiger partial charge in [0.15, 0.2) is 0 Å². The molecule has 1 aromatic heterocycles. The van der Waals surface area contributed by atoms with Crippen LogP contribution in [0.5, 0.6) is 0 Å². The Hall–Kier alpha value is -1.36. The van der Waals surface area contributed by atoms with Crippen molar-refractivity contribution in [1.82, 2.24) is 9.97 Å². The van der Waals surface area contributed by atoms with E-state index in [4.69, 9.17) is 5.84 Å².